The number of para-hydroxylation sites is 1. The SMILES string of the molecule is Cn1c2cnccc2n2c[n+]3c(c12)-c1ccccc1C3.[2H]C([2H])([2H])[n+]1c2ccncc2n2cc3n(c21)Cc1ccccc1-3.c1ccc(-n2c3cnccc3n3c[n+]4c(c23)-c2ccccc2C4)cc1.c1ccc2c(c1)C[n+]1cn3c(oc4cnccc43)c1-2.c1ccc2c(c1)C[n+]1cn3c(sc4cnccc43)c1-2. The number of nitrogens with zero attached hydrogens (tertiary/aromatic N) is 18. The Morgan fingerprint density at radius 3 is 1.59 bits per heavy atom. The minimum absolute atomic E-state index is 0.666. The second-order valence-electron chi connectivity index (χ2n) is 26.7. The van der Waals surface area contributed by atoms with Crippen LogP contribution < -0.4 is 22.8 Å². The van der Waals surface area contributed by atoms with Crippen LogP contribution in [0.2, 0.25) is 0 Å². The Hall–Kier alpha value is -13.5. The van der Waals surface area contributed by atoms with Gasteiger partial charge in [0.25, 0.3) is 36.6 Å². The van der Waals surface area contributed by atoms with E-state index < -0.39 is 6.98 Å². The van der Waals surface area contributed by atoms with Gasteiger partial charge < -0.3 is 8.98 Å². The Labute approximate surface area is 594 Å². The number of thiazole rings is 1. The average molecular weight is 1360 g/mol. The highest BCUT2D eigenvalue weighted by Gasteiger charge is 2.37. The van der Waals surface area contributed by atoms with Gasteiger partial charge in [-0.25, -0.2) is 27.4 Å². The third kappa shape index (κ3) is 8.43. The number of fused-ring (bicyclic) bond motifs is 35. The van der Waals surface area contributed by atoms with E-state index in [0.717, 1.165) is 82.2 Å². The van der Waals surface area contributed by atoms with Gasteiger partial charge in [-0.1, -0.05) is 145 Å². The maximum atomic E-state index is 7.97. The molecule has 0 unspecified atom stereocenters. The second kappa shape index (κ2) is 22.0. The molecule has 0 radical (unpaired) electrons. The summed E-state index contributed by atoms with van der Waals surface area (Å²) in [6.07, 6.45) is 29.0. The monoisotopic (exact) mass is 1360 g/mol. The topological polar surface area (TPSA) is 134 Å². The summed E-state index contributed by atoms with van der Waals surface area (Å²) < 4.78 is 59.3. The predicted octanol–water partition coefficient (Wildman–Crippen LogP) is 13.1. The van der Waals surface area contributed by atoms with Gasteiger partial charge in [0.15, 0.2) is 38.9 Å². The van der Waals surface area contributed by atoms with Crippen molar-refractivity contribution in [3.05, 3.63) is 303 Å². The van der Waals surface area contributed by atoms with Crippen LogP contribution in [0.3, 0.4) is 0 Å². The molecule has 0 saturated carbocycles. The van der Waals surface area contributed by atoms with Crippen LogP contribution in [0, 0.1) is 0 Å². The Bertz CT molecular complexity index is 7080. The molecule has 20 heteroatoms. The number of benzene rings is 6. The summed E-state index contributed by atoms with van der Waals surface area (Å²) in [5.74, 6) is 0.666. The van der Waals surface area contributed by atoms with Crippen molar-refractivity contribution >= 4 is 93.4 Å². The van der Waals surface area contributed by atoms with E-state index in [9.17, 15) is 0 Å². The molecule has 26 rings (SSSR count). The van der Waals surface area contributed by atoms with Crippen LogP contribution in [0.15, 0.2) is 280 Å². The first kappa shape index (κ1) is 54.5. The van der Waals surface area contributed by atoms with E-state index in [4.69, 9.17) is 8.53 Å². The van der Waals surface area contributed by atoms with Gasteiger partial charge in [-0.05, 0) is 29.8 Å². The van der Waals surface area contributed by atoms with Crippen LogP contribution in [0.4, 0.5) is 0 Å². The number of aromatic nitrogens is 18. The summed E-state index contributed by atoms with van der Waals surface area (Å²) >= 11 is 1.82. The standard InChI is InChI=1S/C21H15N4.2C16H13N4.C15H10N3O.C15H10N3S/c1-2-7-16(8-3-1)25-19-12-22-11-10-18(19)24-14-23-13-15-6-4-5-9-17(15)20(23)21(24)25;1-18-14-8-17-7-6-13(14)20-10-19-9-11-4-2-3-5-12(11)15(19)16(18)20;1-18-13-6-7-17-8-14(13)20-10-15-12-5-3-2-4-11(12)9-19(15)16(18)20;2*1-2-4-11-10(3-1)8-17-9-18-12-5-6-16-7-13(12)19-15(18)14(11)17/h1-12,14H,13H2;2*2-8,10H,9H2,1H3;2*1-7,9H,8H2/q5*+1/i;;1D3;;. The van der Waals surface area contributed by atoms with E-state index in [1.807, 2.05) is 77.3 Å². The first-order valence-electron chi connectivity index (χ1n) is 35.8. The number of hydrogen-bond acceptors (Lipinski definition) is 7. The Morgan fingerprint density at radius 2 is 0.913 bits per heavy atom. The highest BCUT2D eigenvalue weighted by atomic mass is 32.1. The molecule has 0 N–H and O–H groups in total. The van der Waals surface area contributed by atoms with Crippen molar-refractivity contribution in [1.29, 1.82) is 0 Å². The lowest BCUT2D eigenvalue weighted by Crippen LogP contribution is -2.29. The fourth-order valence-corrected chi connectivity index (χ4v) is 17.8. The van der Waals surface area contributed by atoms with Gasteiger partial charge >= 0.3 is 11.5 Å². The van der Waals surface area contributed by atoms with Gasteiger partial charge in [0, 0.05) is 124 Å². The van der Waals surface area contributed by atoms with Crippen LogP contribution in [-0.4, -0.2) is 60.6 Å². The number of imidazole rings is 8. The number of oxazole rings is 1. The van der Waals surface area contributed by atoms with Crippen molar-refractivity contribution in [3.8, 4) is 62.0 Å². The highest BCUT2D eigenvalue weighted by molar-refractivity contribution is 7.24. The van der Waals surface area contributed by atoms with Crippen molar-refractivity contribution in [2.45, 2.75) is 32.7 Å². The molecule has 103 heavy (non-hydrogen) atoms. The summed E-state index contributed by atoms with van der Waals surface area (Å²) in [7, 11) is 2.11. The molecular formula is C83H61N18OS+5. The molecule has 0 saturated heterocycles. The molecule has 20 heterocycles. The molecule has 6 aromatic carbocycles. The largest absolute Gasteiger partial charge is 0.413 e. The van der Waals surface area contributed by atoms with E-state index in [1.165, 1.54) is 109 Å². The zero-order chi connectivity index (χ0) is 70.2. The number of aryl methyl sites for hydroxylation is 2. The summed E-state index contributed by atoms with van der Waals surface area (Å²) in [5, 5.41) is 0. The van der Waals surface area contributed by atoms with E-state index in [-0.39, 0.29) is 0 Å². The molecule has 15 aromatic heterocycles. The molecule has 490 valence electrons. The quantitative estimate of drug-likeness (QED) is 0.150. The van der Waals surface area contributed by atoms with Crippen molar-refractivity contribution in [3.63, 3.8) is 0 Å². The maximum absolute atomic E-state index is 7.97. The van der Waals surface area contributed by atoms with Crippen LogP contribution >= 0.6 is 11.3 Å². The normalized spacial score (nSPS) is 13.5. The van der Waals surface area contributed by atoms with Crippen LogP contribution in [0.5, 0.6) is 0 Å². The maximum Gasteiger partial charge on any atom is 0.370 e. The van der Waals surface area contributed by atoms with Gasteiger partial charge in [-0.15, -0.1) is 0 Å². The Kier molecular flexibility index (Phi) is 11.6. The first-order valence-corrected chi connectivity index (χ1v) is 35.1. The molecule has 0 fully saturated rings. The Balaban J connectivity index is 0.0000000830. The fraction of sp³-hybridized carbons (Fsp3) is 0.0843. The van der Waals surface area contributed by atoms with Crippen LogP contribution in [-0.2, 0) is 46.7 Å². The zero-order valence-corrected chi connectivity index (χ0v) is 56.2. The van der Waals surface area contributed by atoms with E-state index in [1.54, 1.807) is 30.9 Å². The van der Waals surface area contributed by atoms with Crippen molar-refractivity contribution < 1.29 is 31.4 Å². The molecular weight excluding hydrogens is 1300 g/mol. The van der Waals surface area contributed by atoms with Gasteiger partial charge in [-0.2, -0.15) is 22.0 Å². The first-order chi connectivity index (χ1) is 52.1. The number of hydrogen-bond donors (Lipinski definition) is 0. The molecule has 5 aliphatic rings. The summed E-state index contributed by atoms with van der Waals surface area (Å²) in [6.45, 7) is 2.20. The Morgan fingerprint density at radius 1 is 0.417 bits per heavy atom. The van der Waals surface area contributed by atoms with Gasteiger partial charge in [0.2, 0.25) is 21.9 Å². The third-order valence-electron chi connectivity index (χ3n) is 21.1. The van der Waals surface area contributed by atoms with Gasteiger partial charge in [-0.3, -0.25) is 29.5 Å². The predicted molar refractivity (Wildman–Crippen MR) is 395 cm³/mol. The van der Waals surface area contributed by atoms with E-state index in [2.05, 4.69) is 265 Å². The molecule has 0 amide bonds. The second-order valence-corrected chi connectivity index (χ2v) is 27.7. The average Bonchev–Trinajstić information content (AvgIpc) is 1.57. The van der Waals surface area contributed by atoms with Crippen molar-refractivity contribution in [2.75, 3.05) is 0 Å². The zero-order valence-electron chi connectivity index (χ0n) is 58.4. The third-order valence-corrected chi connectivity index (χ3v) is 22.2. The van der Waals surface area contributed by atoms with E-state index in [0.29, 0.717) is 17.8 Å². The molecule has 0 atom stereocenters. The molecule has 5 aliphatic heterocycles. The lowest BCUT2D eigenvalue weighted by molar-refractivity contribution is -0.671. The minimum Gasteiger partial charge on any atom is -0.413 e. The summed E-state index contributed by atoms with van der Waals surface area (Å²) in [5.41, 5.74) is 33.1. The minimum atomic E-state index is -2.25. The van der Waals surface area contributed by atoms with Gasteiger partial charge in [0.05, 0.1) is 47.1 Å². The highest BCUT2D eigenvalue weighted by Crippen LogP contribution is 2.41. The summed E-state index contributed by atoms with van der Waals surface area (Å²) in [6, 6.07) is 63.1. The molecule has 0 spiro atoms. The smallest absolute Gasteiger partial charge is 0.370 e. The van der Waals surface area contributed by atoms with Crippen LogP contribution in [0.1, 0.15) is 31.9 Å². The molecule has 19 nitrogen and oxygen atoms in total. The molecule has 0 bridgehead atoms. The number of pyridine rings is 5. The fourth-order valence-electron chi connectivity index (χ4n) is 16.6. The van der Waals surface area contributed by atoms with Crippen molar-refractivity contribution in [2.24, 2.45) is 14.0 Å². The van der Waals surface area contributed by atoms with E-state index >= 15 is 0 Å². The molecule has 0 aliphatic carbocycles. The number of rotatable bonds is 1. The molecule has 21 aromatic rings. The lowest BCUT2D eigenvalue weighted by Gasteiger charge is -2.04. The van der Waals surface area contributed by atoms with Gasteiger partial charge in [0.1, 0.15) is 54.6 Å². The van der Waals surface area contributed by atoms with Crippen molar-refractivity contribution in [1.82, 2.24) is 60.6 Å². The summed E-state index contributed by atoms with van der Waals surface area (Å²) in [4.78, 5) is 22.4. The van der Waals surface area contributed by atoms with Crippen LogP contribution in [0.25, 0.3) is 144 Å². The lowest BCUT2D eigenvalue weighted by atomic mass is 10.1.